The van der Waals surface area contributed by atoms with Crippen LogP contribution in [-0.4, -0.2) is 42.1 Å². The lowest BCUT2D eigenvalue weighted by molar-refractivity contribution is -0.119. The molecular weight excluding hydrogens is 342 g/mol. The lowest BCUT2D eigenvalue weighted by Crippen LogP contribution is -2.33. The van der Waals surface area contributed by atoms with Crippen LogP contribution in [0.1, 0.15) is 26.7 Å². The van der Waals surface area contributed by atoms with E-state index in [4.69, 9.17) is 13.9 Å². The molecule has 0 unspecified atom stereocenters. The average molecular weight is 365 g/mol. The average Bonchev–Trinajstić information content (AvgIpc) is 3.08. The molecule has 7 nitrogen and oxygen atoms in total. The maximum atomic E-state index is 11.9. The number of carbonyl (C=O) groups excluding carboxylic acids is 1. The summed E-state index contributed by atoms with van der Waals surface area (Å²) in [6, 6.07) is 5.51. The fourth-order valence-electron chi connectivity index (χ4n) is 2.30. The van der Waals surface area contributed by atoms with Gasteiger partial charge in [-0.25, -0.2) is 0 Å². The Morgan fingerprint density at radius 2 is 2.04 bits per heavy atom. The summed E-state index contributed by atoms with van der Waals surface area (Å²) in [6.45, 7) is 4.08. The van der Waals surface area contributed by atoms with E-state index in [1.807, 2.05) is 13.0 Å². The number of carbonyl (C=O) groups is 1. The molecule has 0 fully saturated rings. The van der Waals surface area contributed by atoms with Crippen LogP contribution in [0.4, 0.5) is 0 Å². The number of nitrogens with one attached hydrogen (secondary N) is 1. The molecule has 0 spiro atoms. The number of thioether (sulfide) groups is 1. The van der Waals surface area contributed by atoms with Crippen molar-refractivity contribution in [2.24, 2.45) is 0 Å². The van der Waals surface area contributed by atoms with Crippen LogP contribution in [0.15, 0.2) is 27.8 Å². The van der Waals surface area contributed by atoms with Gasteiger partial charge in [-0.05, 0) is 31.5 Å². The van der Waals surface area contributed by atoms with Crippen molar-refractivity contribution in [1.29, 1.82) is 0 Å². The maximum absolute atomic E-state index is 11.9. The van der Waals surface area contributed by atoms with Gasteiger partial charge in [0.25, 0.3) is 5.22 Å². The Morgan fingerprint density at radius 3 is 2.72 bits per heavy atom. The Labute approximate surface area is 151 Å². The molecule has 0 aliphatic heterocycles. The van der Waals surface area contributed by atoms with E-state index in [0.717, 1.165) is 18.4 Å². The first-order valence-electron chi connectivity index (χ1n) is 8.05. The van der Waals surface area contributed by atoms with Crippen LogP contribution < -0.4 is 14.8 Å². The van der Waals surface area contributed by atoms with Crippen molar-refractivity contribution < 1.29 is 18.7 Å². The second kappa shape index (κ2) is 9.31. The molecule has 1 amide bonds. The summed E-state index contributed by atoms with van der Waals surface area (Å²) >= 11 is 1.21. The van der Waals surface area contributed by atoms with Gasteiger partial charge in [-0.15, -0.1) is 10.2 Å². The summed E-state index contributed by atoms with van der Waals surface area (Å²) < 4.78 is 16.1. The van der Waals surface area contributed by atoms with Crippen molar-refractivity contribution in [2.75, 3.05) is 20.0 Å². The van der Waals surface area contributed by atoms with E-state index in [1.165, 1.54) is 11.8 Å². The van der Waals surface area contributed by atoms with Gasteiger partial charge in [0.05, 0.1) is 20.0 Å². The highest BCUT2D eigenvalue weighted by Gasteiger charge is 2.14. The molecule has 1 atom stereocenters. The van der Waals surface area contributed by atoms with Gasteiger partial charge in [0.15, 0.2) is 11.5 Å². The van der Waals surface area contributed by atoms with Crippen molar-refractivity contribution in [1.82, 2.24) is 15.5 Å². The van der Waals surface area contributed by atoms with E-state index >= 15 is 0 Å². The highest BCUT2D eigenvalue weighted by Crippen LogP contribution is 2.32. The third kappa shape index (κ3) is 5.38. The fourth-order valence-corrected chi connectivity index (χ4v) is 2.88. The Hall–Kier alpha value is -2.22. The lowest BCUT2D eigenvalue weighted by atomic mass is 10.2. The molecule has 25 heavy (non-hydrogen) atoms. The zero-order chi connectivity index (χ0) is 18.2. The number of ether oxygens (including phenoxy) is 2. The molecule has 1 heterocycles. The van der Waals surface area contributed by atoms with E-state index in [-0.39, 0.29) is 17.7 Å². The van der Waals surface area contributed by atoms with Gasteiger partial charge in [0.1, 0.15) is 0 Å². The molecule has 136 valence electrons. The number of amides is 1. The molecular formula is C17H23N3O4S. The normalized spacial score (nSPS) is 11.8. The van der Waals surface area contributed by atoms with E-state index in [1.54, 1.807) is 26.4 Å². The molecule has 8 heteroatoms. The minimum atomic E-state index is -0.0446. The Balaban J connectivity index is 1.97. The smallest absolute Gasteiger partial charge is 0.277 e. The van der Waals surface area contributed by atoms with E-state index in [2.05, 4.69) is 22.4 Å². The number of rotatable bonds is 9. The zero-order valence-corrected chi connectivity index (χ0v) is 15.7. The predicted molar refractivity (Wildman–Crippen MR) is 96.1 cm³/mol. The number of nitrogens with zero attached hydrogens (tertiary/aromatic N) is 2. The Morgan fingerprint density at radius 1 is 1.28 bits per heavy atom. The maximum Gasteiger partial charge on any atom is 0.277 e. The van der Waals surface area contributed by atoms with Crippen LogP contribution in [0.3, 0.4) is 0 Å². The largest absolute Gasteiger partial charge is 0.493 e. The Bertz CT molecular complexity index is 705. The second-order valence-corrected chi connectivity index (χ2v) is 6.42. The van der Waals surface area contributed by atoms with E-state index in [9.17, 15) is 4.79 Å². The molecule has 1 aromatic heterocycles. The minimum Gasteiger partial charge on any atom is -0.493 e. The molecule has 2 aromatic rings. The Kier molecular flexibility index (Phi) is 7.12. The van der Waals surface area contributed by atoms with Crippen LogP contribution in [0, 0.1) is 0 Å². The van der Waals surface area contributed by atoms with Gasteiger partial charge in [-0.3, -0.25) is 4.79 Å². The van der Waals surface area contributed by atoms with Crippen molar-refractivity contribution >= 4 is 17.7 Å². The SMILES string of the molecule is CCC[C@H](C)NC(=O)CSc1nnc(-c2ccc(OC)c(OC)c2)o1. The summed E-state index contributed by atoms with van der Waals surface area (Å²) in [6.07, 6.45) is 1.99. The summed E-state index contributed by atoms with van der Waals surface area (Å²) in [7, 11) is 3.14. The summed E-state index contributed by atoms with van der Waals surface area (Å²) in [5.74, 6) is 1.76. The first-order valence-corrected chi connectivity index (χ1v) is 9.04. The van der Waals surface area contributed by atoms with Gasteiger partial charge in [0, 0.05) is 11.6 Å². The summed E-state index contributed by atoms with van der Waals surface area (Å²) in [5.41, 5.74) is 0.720. The third-order valence-corrected chi connectivity index (χ3v) is 4.31. The summed E-state index contributed by atoms with van der Waals surface area (Å²) in [5, 5.41) is 11.3. The van der Waals surface area contributed by atoms with Gasteiger partial charge >= 0.3 is 0 Å². The first-order chi connectivity index (χ1) is 12.1. The number of hydrogen-bond acceptors (Lipinski definition) is 7. The minimum absolute atomic E-state index is 0.0446. The molecule has 0 radical (unpaired) electrons. The zero-order valence-electron chi connectivity index (χ0n) is 14.9. The van der Waals surface area contributed by atoms with Crippen molar-refractivity contribution in [3.05, 3.63) is 18.2 Å². The lowest BCUT2D eigenvalue weighted by Gasteiger charge is -2.11. The van der Waals surface area contributed by atoms with Gasteiger partial charge in [-0.1, -0.05) is 25.1 Å². The molecule has 0 saturated heterocycles. The topological polar surface area (TPSA) is 86.5 Å². The number of benzene rings is 1. The van der Waals surface area contributed by atoms with Crippen molar-refractivity contribution in [3.8, 4) is 23.0 Å². The van der Waals surface area contributed by atoms with Gasteiger partial charge < -0.3 is 19.2 Å². The molecule has 0 bridgehead atoms. The van der Waals surface area contributed by atoms with Crippen LogP contribution in [0.5, 0.6) is 11.5 Å². The predicted octanol–water partition coefficient (Wildman–Crippen LogP) is 3.15. The molecule has 0 saturated carbocycles. The van der Waals surface area contributed by atoms with Crippen LogP contribution in [0.25, 0.3) is 11.5 Å². The molecule has 0 aliphatic rings. The molecule has 2 rings (SSSR count). The van der Waals surface area contributed by atoms with Crippen LogP contribution in [-0.2, 0) is 4.79 Å². The van der Waals surface area contributed by atoms with E-state index < -0.39 is 0 Å². The van der Waals surface area contributed by atoms with Crippen LogP contribution >= 0.6 is 11.8 Å². The van der Waals surface area contributed by atoms with Crippen molar-refractivity contribution in [3.63, 3.8) is 0 Å². The second-order valence-electron chi connectivity index (χ2n) is 5.49. The highest BCUT2D eigenvalue weighted by atomic mass is 32.2. The number of aromatic nitrogens is 2. The molecule has 0 aliphatic carbocycles. The van der Waals surface area contributed by atoms with Crippen molar-refractivity contribution in [2.45, 2.75) is 38.0 Å². The molecule has 1 N–H and O–H groups in total. The highest BCUT2D eigenvalue weighted by molar-refractivity contribution is 7.99. The fraction of sp³-hybridized carbons (Fsp3) is 0.471. The first kappa shape index (κ1) is 19.1. The standard InChI is InChI=1S/C17H23N3O4S/c1-5-6-11(2)18-15(21)10-25-17-20-19-16(24-17)12-7-8-13(22-3)14(9-12)23-4/h7-9,11H,5-6,10H2,1-4H3,(H,18,21)/t11-/m0/s1. The molecule has 1 aromatic carbocycles. The van der Waals surface area contributed by atoms with Crippen LogP contribution in [0.2, 0.25) is 0 Å². The van der Waals surface area contributed by atoms with Gasteiger partial charge in [0.2, 0.25) is 11.8 Å². The third-order valence-electron chi connectivity index (χ3n) is 3.49. The monoisotopic (exact) mass is 365 g/mol. The van der Waals surface area contributed by atoms with Gasteiger partial charge in [-0.2, -0.15) is 0 Å². The summed E-state index contributed by atoms with van der Waals surface area (Å²) in [4.78, 5) is 11.9. The van der Waals surface area contributed by atoms with E-state index in [0.29, 0.717) is 22.6 Å². The quantitative estimate of drug-likeness (QED) is 0.683. The number of hydrogen-bond donors (Lipinski definition) is 1. The number of methoxy groups -OCH3 is 2.